The Labute approximate surface area is 139 Å². The lowest BCUT2D eigenvalue weighted by Crippen LogP contribution is -2.12. The fourth-order valence-electron chi connectivity index (χ4n) is 2.77. The number of aliphatic hydroxyl groups excluding tert-OH is 1. The zero-order chi connectivity index (χ0) is 17.1. The molecule has 0 aliphatic heterocycles. The highest BCUT2D eigenvalue weighted by atomic mass is 16.3. The smallest absolute Gasteiger partial charge is 0.254 e. The summed E-state index contributed by atoms with van der Waals surface area (Å²) in [6.45, 7) is -0.0709. The van der Waals surface area contributed by atoms with Crippen LogP contribution in [0.2, 0.25) is 0 Å². The number of benzene rings is 1. The van der Waals surface area contributed by atoms with Crippen molar-refractivity contribution in [1.29, 1.82) is 5.26 Å². The number of rotatable bonds is 7. The highest BCUT2D eigenvalue weighted by Gasteiger charge is 2.33. The molecule has 7 heteroatoms. The van der Waals surface area contributed by atoms with Crippen molar-refractivity contribution >= 4 is 17.4 Å². The molecule has 1 aromatic heterocycles. The number of hydrogen-bond donors (Lipinski definition) is 3. The lowest BCUT2D eigenvalue weighted by Gasteiger charge is -2.12. The van der Waals surface area contributed by atoms with E-state index >= 15 is 0 Å². The third-order valence-electron chi connectivity index (χ3n) is 4.18. The highest BCUT2D eigenvalue weighted by Crippen LogP contribution is 2.41. The van der Waals surface area contributed by atoms with Crippen LogP contribution >= 0.6 is 0 Å². The Morgan fingerprint density at radius 1 is 1.54 bits per heavy atom. The number of nitrogens with zero attached hydrogens (tertiary/aromatic N) is 3. The largest absolute Gasteiger partial charge is 0.392 e. The van der Waals surface area contributed by atoms with Gasteiger partial charge >= 0.3 is 0 Å². The molecule has 1 heterocycles. The number of aliphatic hydroxyl groups is 1. The van der Waals surface area contributed by atoms with Crippen molar-refractivity contribution in [3.63, 3.8) is 0 Å². The summed E-state index contributed by atoms with van der Waals surface area (Å²) in [6.07, 6.45) is 4.10. The minimum atomic E-state index is -0.575. The van der Waals surface area contributed by atoms with Crippen LogP contribution in [0.5, 0.6) is 0 Å². The van der Waals surface area contributed by atoms with Crippen LogP contribution in [0.25, 0.3) is 0 Å². The molecule has 3 rings (SSSR count). The normalized spacial score (nSPS) is 14.8. The Morgan fingerprint density at radius 2 is 2.33 bits per heavy atom. The van der Waals surface area contributed by atoms with E-state index in [0.717, 1.165) is 18.4 Å². The van der Waals surface area contributed by atoms with Crippen LogP contribution in [-0.4, -0.2) is 20.8 Å². The summed E-state index contributed by atoms with van der Waals surface area (Å²) in [7, 11) is 0. The number of nitrogens with one attached hydrogen (secondary N) is 1. The van der Waals surface area contributed by atoms with Crippen LogP contribution < -0.4 is 11.1 Å². The first-order chi connectivity index (χ1) is 11.6. The van der Waals surface area contributed by atoms with Gasteiger partial charge in [-0.25, -0.2) is 0 Å². The minimum absolute atomic E-state index is 0.0348. The third kappa shape index (κ3) is 3.39. The van der Waals surface area contributed by atoms with Crippen LogP contribution in [0.1, 0.15) is 41.2 Å². The Hall–Kier alpha value is -2.85. The van der Waals surface area contributed by atoms with Crippen molar-refractivity contribution in [2.75, 3.05) is 5.32 Å². The molecule has 0 spiro atoms. The second-order valence-electron chi connectivity index (χ2n) is 5.99. The van der Waals surface area contributed by atoms with Crippen molar-refractivity contribution in [3.8, 4) is 6.07 Å². The molecule has 1 aromatic carbocycles. The van der Waals surface area contributed by atoms with E-state index in [1.54, 1.807) is 29.1 Å². The van der Waals surface area contributed by atoms with Gasteiger partial charge in [0.25, 0.3) is 5.91 Å². The van der Waals surface area contributed by atoms with Gasteiger partial charge in [-0.1, -0.05) is 12.1 Å². The lowest BCUT2D eigenvalue weighted by molar-refractivity contribution is 0.100. The van der Waals surface area contributed by atoms with Gasteiger partial charge in [-0.2, -0.15) is 10.4 Å². The Kier molecular flexibility index (Phi) is 4.49. The van der Waals surface area contributed by atoms with Gasteiger partial charge in [0.15, 0.2) is 5.82 Å². The van der Waals surface area contributed by atoms with Gasteiger partial charge in [0.1, 0.15) is 5.56 Å². The summed E-state index contributed by atoms with van der Waals surface area (Å²) < 4.78 is 1.68. The summed E-state index contributed by atoms with van der Waals surface area (Å²) >= 11 is 0. The topological polar surface area (TPSA) is 117 Å². The number of carbonyl (C=O) groups excluding carboxylic acids is 1. The van der Waals surface area contributed by atoms with E-state index in [1.807, 2.05) is 6.07 Å². The fourth-order valence-corrected chi connectivity index (χ4v) is 2.77. The molecule has 24 heavy (non-hydrogen) atoms. The number of amides is 1. The monoisotopic (exact) mass is 325 g/mol. The van der Waals surface area contributed by atoms with Gasteiger partial charge in [0.2, 0.25) is 0 Å². The molecule has 1 aliphatic rings. The second-order valence-corrected chi connectivity index (χ2v) is 5.99. The zero-order valence-electron chi connectivity index (χ0n) is 13.1. The maximum atomic E-state index is 11.7. The second kappa shape index (κ2) is 6.72. The molecule has 0 radical (unpaired) electrons. The van der Waals surface area contributed by atoms with E-state index in [1.165, 1.54) is 0 Å². The maximum absolute atomic E-state index is 11.7. The molecule has 1 saturated carbocycles. The van der Waals surface area contributed by atoms with E-state index < -0.39 is 5.91 Å². The van der Waals surface area contributed by atoms with Gasteiger partial charge in [-0.05, 0) is 36.5 Å². The maximum Gasteiger partial charge on any atom is 0.254 e. The van der Waals surface area contributed by atoms with Gasteiger partial charge in [0, 0.05) is 11.9 Å². The molecule has 1 atom stereocenters. The predicted molar refractivity (Wildman–Crippen MR) is 88.4 cm³/mol. The summed E-state index contributed by atoms with van der Waals surface area (Å²) in [5.41, 5.74) is 7.21. The standard InChI is InChI=1S/C17H19N5O2/c18-7-6-15(12-4-5-12)22-9-14(16(19)24)17(21-22)20-13-3-1-2-11(8-13)10-23/h1-3,8-9,12,15,23H,4-6,10H2,(H2,19,24)(H,20,21). The molecule has 124 valence electrons. The van der Waals surface area contributed by atoms with Crippen molar-refractivity contribution in [1.82, 2.24) is 9.78 Å². The van der Waals surface area contributed by atoms with Gasteiger partial charge in [-0.3, -0.25) is 9.48 Å². The van der Waals surface area contributed by atoms with Crippen LogP contribution in [0.4, 0.5) is 11.5 Å². The molecule has 0 saturated heterocycles. The molecule has 4 N–H and O–H groups in total. The molecule has 0 bridgehead atoms. The molecule has 7 nitrogen and oxygen atoms in total. The van der Waals surface area contributed by atoms with Crippen LogP contribution in [0, 0.1) is 17.2 Å². The lowest BCUT2D eigenvalue weighted by atomic mass is 10.1. The summed E-state index contributed by atoms with van der Waals surface area (Å²) in [5.74, 6) is 0.214. The molecular weight excluding hydrogens is 306 g/mol. The third-order valence-corrected chi connectivity index (χ3v) is 4.18. The number of nitrogens with two attached hydrogens (primary N) is 1. The van der Waals surface area contributed by atoms with Gasteiger partial charge in [-0.15, -0.1) is 0 Å². The predicted octanol–water partition coefficient (Wildman–Crippen LogP) is 2.08. The van der Waals surface area contributed by atoms with E-state index in [-0.39, 0.29) is 18.2 Å². The van der Waals surface area contributed by atoms with E-state index in [9.17, 15) is 9.90 Å². The fraction of sp³-hybridized carbons (Fsp3) is 0.353. The van der Waals surface area contributed by atoms with Crippen LogP contribution in [0.3, 0.4) is 0 Å². The zero-order valence-corrected chi connectivity index (χ0v) is 13.1. The summed E-state index contributed by atoms with van der Waals surface area (Å²) in [6, 6.07) is 9.35. The first kappa shape index (κ1) is 16.0. The molecule has 1 unspecified atom stereocenters. The average molecular weight is 325 g/mol. The number of nitriles is 1. The van der Waals surface area contributed by atoms with Gasteiger partial charge in [0.05, 0.1) is 25.1 Å². The molecular formula is C17H19N5O2. The number of aromatic nitrogens is 2. The van der Waals surface area contributed by atoms with Crippen LogP contribution in [0.15, 0.2) is 30.5 Å². The van der Waals surface area contributed by atoms with Crippen molar-refractivity contribution in [2.24, 2.45) is 11.7 Å². The van der Waals surface area contributed by atoms with Crippen molar-refractivity contribution in [3.05, 3.63) is 41.6 Å². The quantitative estimate of drug-likeness (QED) is 0.720. The Balaban J connectivity index is 1.91. The SMILES string of the molecule is N#CCC(C1CC1)n1cc(C(N)=O)c(Nc2cccc(CO)c2)n1. The molecule has 2 aromatic rings. The Morgan fingerprint density at radius 3 is 2.96 bits per heavy atom. The summed E-state index contributed by atoms with van der Waals surface area (Å²) in [4.78, 5) is 11.7. The summed E-state index contributed by atoms with van der Waals surface area (Å²) in [5, 5.41) is 25.8. The number of hydrogen-bond acceptors (Lipinski definition) is 5. The Bertz CT molecular complexity index is 789. The van der Waals surface area contributed by atoms with Gasteiger partial charge < -0.3 is 16.2 Å². The average Bonchev–Trinajstić information content (AvgIpc) is 3.33. The highest BCUT2D eigenvalue weighted by molar-refractivity contribution is 5.98. The van der Waals surface area contributed by atoms with Crippen molar-refractivity contribution in [2.45, 2.75) is 31.9 Å². The first-order valence-electron chi connectivity index (χ1n) is 7.85. The van der Waals surface area contributed by atoms with E-state index in [0.29, 0.717) is 23.8 Å². The van der Waals surface area contributed by atoms with Crippen molar-refractivity contribution < 1.29 is 9.90 Å². The van der Waals surface area contributed by atoms with E-state index in [2.05, 4.69) is 16.5 Å². The van der Waals surface area contributed by atoms with Crippen LogP contribution in [-0.2, 0) is 6.61 Å². The van der Waals surface area contributed by atoms with E-state index in [4.69, 9.17) is 11.0 Å². The number of anilines is 2. The minimum Gasteiger partial charge on any atom is -0.392 e. The molecule has 1 fully saturated rings. The number of primary amides is 1. The number of carbonyl (C=O) groups is 1. The first-order valence-corrected chi connectivity index (χ1v) is 7.85. The molecule has 1 aliphatic carbocycles. The molecule has 1 amide bonds.